The lowest BCUT2D eigenvalue weighted by molar-refractivity contribution is -0.143. The maximum atomic E-state index is 13.7. The van der Waals surface area contributed by atoms with Crippen molar-refractivity contribution in [2.24, 2.45) is 5.92 Å². The lowest BCUT2D eigenvalue weighted by Gasteiger charge is -2.29. The van der Waals surface area contributed by atoms with Gasteiger partial charge in [-0.15, -0.1) is 0 Å². The smallest absolute Gasteiger partial charge is 0.420 e. The van der Waals surface area contributed by atoms with Crippen LogP contribution in [0.4, 0.5) is 18.9 Å². The van der Waals surface area contributed by atoms with Gasteiger partial charge in [-0.3, -0.25) is 14.0 Å². The molecule has 3 aromatic heterocycles. The summed E-state index contributed by atoms with van der Waals surface area (Å²) in [5.41, 5.74) is 0.0333. The van der Waals surface area contributed by atoms with Crippen LogP contribution < -0.4 is 5.32 Å². The summed E-state index contributed by atoms with van der Waals surface area (Å²) in [4.78, 5) is 29.2. The van der Waals surface area contributed by atoms with Crippen LogP contribution in [0.5, 0.6) is 0 Å². The molecule has 2 N–H and O–H groups in total. The topological polar surface area (TPSA) is 100 Å². The third-order valence-corrected chi connectivity index (χ3v) is 8.65. The van der Waals surface area contributed by atoms with Crippen LogP contribution in [0.1, 0.15) is 87.2 Å². The number of carboxylic acids is 1. The molecule has 1 aliphatic heterocycles. The largest absolute Gasteiger partial charge is 0.481 e. The molecule has 1 amide bonds. The van der Waals surface area contributed by atoms with Crippen LogP contribution in [0.3, 0.4) is 0 Å². The number of likely N-dealkylation sites (tertiary alicyclic amines) is 1. The molecule has 5 rings (SSSR count). The first-order valence-corrected chi connectivity index (χ1v) is 16.6. The Morgan fingerprint density at radius 3 is 2.26 bits per heavy atom. The number of carbonyl (C=O) groups is 2. The zero-order valence-corrected chi connectivity index (χ0v) is 27.3. The summed E-state index contributed by atoms with van der Waals surface area (Å²) in [5.74, 6) is -2.13. The Hall–Kier alpha value is -3.99. The molecule has 0 spiro atoms. The number of furan rings is 1. The fourth-order valence-corrected chi connectivity index (χ4v) is 5.83. The maximum Gasteiger partial charge on any atom is 0.420 e. The van der Waals surface area contributed by atoms with Gasteiger partial charge >= 0.3 is 12.1 Å². The standard InChI is InChI=1S/C19H15ClF3N3O4.C16H27N/c20-15-14(17(27)25-4-1-10(2-5-25)18(28)29)24-16-13(19(21,22)23)7-12(8-26(15)16)11-3-6-30-9-11;1-2-3-4-5-6-7-8-12-15-17-16-13-10-9-11-14-16/h3,6-10H,1-2,4-5H2,(H,28,29);9-11,13-14,17H,2-8,12,15H2,1H3. The van der Waals surface area contributed by atoms with Gasteiger partial charge in [-0.2, -0.15) is 13.2 Å². The molecule has 0 radical (unpaired) electrons. The van der Waals surface area contributed by atoms with Gasteiger partial charge in [0.05, 0.1) is 24.0 Å². The van der Waals surface area contributed by atoms with Crippen LogP contribution in [0, 0.1) is 5.92 Å². The lowest BCUT2D eigenvalue weighted by Crippen LogP contribution is -2.40. The van der Waals surface area contributed by atoms with Crippen molar-refractivity contribution >= 4 is 34.8 Å². The van der Waals surface area contributed by atoms with Crippen molar-refractivity contribution < 1.29 is 32.3 Å². The Morgan fingerprint density at radius 2 is 1.66 bits per heavy atom. The van der Waals surface area contributed by atoms with E-state index in [9.17, 15) is 22.8 Å². The summed E-state index contributed by atoms with van der Waals surface area (Å²) in [6.07, 6.45) is 10.9. The lowest BCUT2D eigenvalue weighted by atomic mass is 9.97. The number of rotatable bonds is 13. The van der Waals surface area contributed by atoms with Gasteiger partial charge in [-0.1, -0.05) is 81.7 Å². The van der Waals surface area contributed by atoms with Crippen molar-refractivity contribution in [3.8, 4) is 11.1 Å². The van der Waals surface area contributed by atoms with Gasteiger partial charge in [0, 0.05) is 42.6 Å². The van der Waals surface area contributed by atoms with Gasteiger partial charge in [0.25, 0.3) is 5.91 Å². The first-order valence-electron chi connectivity index (χ1n) is 16.2. The monoisotopic (exact) mass is 674 g/mol. The number of fused-ring (bicyclic) bond motifs is 1. The summed E-state index contributed by atoms with van der Waals surface area (Å²) in [6.45, 7) is 3.70. The maximum absolute atomic E-state index is 13.7. The minimum atomic E-state index is -4.73. The quantitative estimate of drug-likeness (QED) is 0.137. The highest BCUT2D eigenvalue weighted by Crippen LogP contribution is 2.37. The van der Waals surface area contributed by atoms with Crippen LogP contribution in [0.25, 0.3) is 16.8 Å². The van der Waals surface area contributed by atoms with E-state index < -0.39 is 35.2 Å². The van der Waals surface area contributed by atoms with E-state index in [-0.39, 0.29) is 42.3 Å². The predicted molar refractivity (Wildman–Crippen MR) is 177 cm³/mol. The summed E-state index contributed by atoms with van der Waals surface area (Å²) in [5, 5.41) is 12.3. The number of unbranched alkanes of at least 4 members (excludes halogenated alkanes) is 7. The van der Waals surface area contributed by atoms with E-state index in [4.69, 9.17) is 21.1 Å². The van der Waals surface area contributed by atoms with E-state index in [0.717, 1.165) is 17.0 Å². The summed E-state index contributed by atoms with van der Waals surface area (Å²) in [6, 6.07) is 12.9. The van der Waals surface area contributed by atoms with Crippen LogP contribution >= 0.6 is 11.6 Å². The van der Waals surface area contributed by atoms with E-state index in [1.54, 1.807) is 0 Å². The average molecular weight is 675 g/mol. The number of aromatic nitrogens is 2. The molecular formula is C35H42ClF3N4O4. The molecule has 0 unspecified atom stereocenters. The molecule has 4 heterocycles. The Morgan fingerprint density at radius 1 is 1.00 bits per heavy atom. The van der Waals surface area contributed by atoms with Crippen molar-refractivity contribution in [3.05, 3.63) is 77.6 Å². The predicted octanol–water partition coefficient (Wildman–Crippen LogP) is 9.44. The number of nitrogens with zero attached hydrogens (tertiary/aromatic N) is 3. The number of halogens is 4. The number of piperidine rings is 1. The van der Waals surface area contributed by atoms with Crippen LogP contribution in [0.2, 0.25) is 5.15 Å². The second-order valence-corrected chi connectivity index (χ2v) is 12.1. The Bertz CT molecular complexity index is 1570. The number of pyridine rings is 1. The molecule has 0 aliphatic carbocycles. The zero-order chi connectivity index (χ0) is 33.8. The minimum absolute atomic E-state index is 0.159. The van der Waals surface area contributed by atoms with Crippen LogP contribution in [-0.2, 0) is 11.0 Å². The highest BCUT2D eigenvalue weighted by atomic mass is 35.5. The molecular weight excluding hydrogens is 633 g/mol. The number of para-hydroxylation sites is 1. The van der Waals surface area contributed by atoms with Crippen molar-refractivity contribution in [2.45, 2.75) is 77.3 Å². The molecule has 0 atom stereocenters. The summed E-state index contributed by atoms with van der Waals surface area (Å²) < 4.78 is 47.0. The average Bonchev–Trinajstić information content (AvgIpc) is 3.72. The molecule has 4 aromatic rings. The number of nitrogens with one attached hydrogen (secondary N) is 1. The van der Waals surface area contributed by atoms with E-state index in [0.29, 0.717) is 5.56 Å². The molecule has 47 heavy (non-hydrogen) atoms. The third kappa shape index (κ3) is 10.00. The van der Waals surface area contributed by atoms with E-state index in [1.165, 1.54) is 86.7 Å². The highest BCUT2D eigenvalue weighted by molar-refractivity contribution is 6.33. The number of imidazole rings is 1. The van der Waals surface area contributed by atoms with Gasteiger partial charge in [0.2, 0.25) is 0 Å². The summed E-state index contributed by atoms with van der Waals surface area (Å²) in [7, 11) is 0. The van der Waals surface area contributed by atoms with Crippen LogP contribution in [0.15, 0.2) is 65.6 Å². The second-order valence-electron chi connectivity index (χ2n) is 11.8. The number of hydrogen-bond donors (Lipinski definition) is 2. The van der Waals surface area contributed by atoms with Gasteiger partial charge in [0.1, 0.15) is 5.15 Å². The Balaban J connectivity index is 0.000000251. The fourth-order valence-electron chi connectivity index (χ4n) is 5.58. The highest BCUT2D eigenvalue weighted by Gasteiger charge is 2.37. The number of carbonyl (C=O) groups excluding carboxylic acids is 1. The van der Waals surface area contributed by atoms with Crippen molar-refractivity contribution in [1.82, 2.24) is 14.3 Å². The summed E-state index contributed by atoms with van der Waals surface area (Å²) >= 11 is 6.27. The zero-order valence-electron chi connectivity index (χ0n) is 26.6. The molecule has 8 nitrogen and oxygen atoms in total. The fraction of sp³-hybridized carbons (Fsp3) is 0.457. The Labute approximate surface area is 277 Å². The molecule has 1 fully saturated rings. The van der Waals surface area contributed by atoms with E-state index in [1.807, 2.05) is 0 Å². The number of benzene rings is 1. The molecule has 254 valence electrons. The van der Waals surface area contributed by atoms with Gasteiger partial charge in [-0.25, -0.2) is 4.98 Å². The molecule has 12 heteroatoms. The Kier molecular flexibility index (Phi) is 13.2. The van der Waals surface area contributed by atoms with Crippen molar-refractivity contribution in [2.75, 3.05) is 25.0 Å². The molecule has 1 aliphatic rings. The number of anilines is 1. The van der Waals surface area contributed by atoms with E-state index >= 15 is 0 Å². The van der Waals surface area contributed by atoms with Gasteiger partial charge in [-0.05, 0) is 43.5 Å². The number of amides is 1. The number of alkyl halides is 3. The SMILES string of the molecule is CCCCCCCCCCNc1ccccc1.O=C(O)C1CCN(C(=O)c2nc3c(C(F)(F)F)cc(-c4ccoc4)cn3c2Cl)CC1. The number of carboxylic acid groups (broad SMARTS) is 1. The first-order chi connectivity index (χ1) is 22.6. The third-order valence-electron chi connectivity index (χ3n) is 8.29. The molecule has 1 saturated heterocycles. The molecule has 0 saturated carbocycles. The number of aliphatic carboxylic acids is 1. The molecule has 0 bridgehead atoms. The van der Waals surface area contributed by atoms with Crippen molar-refractivity contribution in [3.63, 3.8) is 0 Å². The first kappa shape index (κ1) is 35.9. The minimum Gasteiger partial charge on any atom is -0.481 e. The van der Waals surface area contributed by atoms with Crippen molar-refractivity contribution in [1.29, 1.82) is 0 Å². The normalized spacial score (nSPS) is 13.8. The number of hydrogen-bond acceptors (Lipinski definition) is 5. The van der Waals surface area contributed by atoms with Crippen LogP contribution in [-0.4, -0.2) is 50.9 Å². The second kappa shape index (κ2) is 17.2. The molecule has 1 aromatic carbocycles. The van der Waals surface area contributed by atoms with Gasteiger partial charge in [0.15, 0.2) is 11.3 Å². The van der Waals surface area contributed by atoms with Gasteiger partial charge < -0.3 is 19.7 Å². The van der Waals surface area contributed by atoms with E-state index in [2.05, 4.69) is 47.6 Å².